The van der Waals surface area contributed by atoms with Gasteiger partial charge in [0, 0.05) is 20.5 Å². The number of methoxy groups -OCH3 is 1. The zero-order valence-corrected chi connectivity index (χ0v) is 15.8. The van der Waals surface area contributed by atoms with Gasteiger partial charge in [0.15, 0.2) is 0 Å². The summed E-state index contributed by atoms with van der Waals surface area (Å²) >= 11 is 0. The van der Waals surface area contributed by atoms with Crippen molar-refractivity contribution in [3.05, 3.63) is 18.2 Å². The Morgan fingerprint density at radius 1 is 1.28 bits per heavy atom. The first-order chi connectivity index (χ1) is 11.8. The summed E-state index contributed by atoms with van der Waals surface area (Å²) in [7, 11) is 0.896. The van der Waals surface area contributed by atoms with E-state index >= 15 is 0 Å². The van der Waals surface area contributed by atoms with Crippen molar-refractivity contribution in [2.75, 3.05) is 26.5 Å². The second kappa shape index (κ2) is 6.96. The molecule has 0 aromatic heterocycles. The third kappa shape index (κ3) is 3.67. The molecule has 2 bridgehead atoms. The van der Waals surface area contributed by atoms with Gasteiger partial charge < -0.3 is 10.1 Å². The van der Waals surface area contributed by atoms with Crippen LogP contribution in [0.15, 0.2) is 23.1 Å². The Morgan fingerprint density at radius 3 is 2.60 bits per heavy atom. The van der Waals surface area contributed by atoms with Crippen molar-refractivity contribution in [1.29, 1.82) is 0 Å². The smallest absolute Gasteiger partial charge is 0.242 e. The maximum absolute atomic E-state index is 12.5. The molecule has 138 valence electrons. The molecule has 25 heavy (non-hydrogen) atoms. The van der Waals surface area contributed by atoms with Crippen molar-refractivity contribution in [3.63, 3.8) is 0 Å². The van der Waals surface area contributed by atoms with Gasteiger partial charge >= 0.3 is 0 Å². The molecule has 7 heteroatoms. The second-order valence-corrected chi connectivity index (χ2v) is 9.49. The lowest BCUT2D eigenvalue weighted by Crippen LogP contribution is -2.23. The molecule has 0 heterocycles. The van der Waals surface area contributed by atoms with E-state index in [2.05, 4.69) is 5.32 Å². The first-order valence-electron chi connectivity index (χ1n) is 8.71. The van der Waals surface area contributed by atoms with Crippen LogP contribution in [0.5, 0.6) is 5.75 Å². The van der Waals surface area contributed by atoms with Crippen molar-refractivity contribution in [2.24, 2.45) is 17.8 Å². The molecular weight excluding hydrogens is 340 g/mol. The number of benzene rings is 1. The Labute approximate surface area is 149 Å². The van der Waals surface area contributed by atoms with Gasteiger partial charge in [-0.3, -0.25) is 4.79 Å². The van der Waals surface area contributed by atoms with E-state index in [9.17, 15) is 13.2 Å². The average molecular weight is 366 g/mol. The highest BCUT2D eigenvalue weighted by Gasteiger charge is 2.40. The first kappa shape index (κ1) is 18.2. The van der Waals surface area contributed by atoms with Crippen molar-refractivity contribution in [2.45, 2.75) is 37.0 Å². The van der Waals surface area contributed by atoms with Crippen molar-refractivity contribution < 1.29 is 17.9 Å². The van der Waals surface area contributed by atoms with Crippen LogP contribution in [0.4, 0.5) is 5.69 Å². The van der Waals surface area contributed by atoms with Gasteiger partial charge in [0.05, 0.1) is 17.7 Å². The minimum Gasteiger partial charge on any atom is -0.495 e. The number of ether oxygens (including phenoxy) is 1. The lowest BCUT2D eigenvalue weighted by atomic mass is 9.86. The number of nitrogens with zero attached hydrogens (tertiary/aromatic N) is 1. The van der Waals surface area contributed by atoms with Gasteiger partial charge in [-0.05, 0) is 55.2 Å². The van der Waals surface area contributed by atoms with Gasteiger partial charge in [-0.15, -0.1) is 0 Å². The third-order valence-corrected chi connectivity index (χ3v) is 7.37. The van der Waals surface area contributed by atoms with E-state index < -0.39 is 10.0 Å². The summed E-state index contributed by atoms with van der Waals surface area (Å²) in [5.41, 5.74) is 0.401. The summed E-state index contributed by atoms with van der Waals surface area (Å²) in [6, 6.07) is 4.52. The van der Waals surface area contributed by atoms with Crippen LogP contribution in [-0.2, 0) is 14.8 Å². The SMILES string of the molecule is COc1ccc(S(=O)(=O)N(C)C)cc1NC(=O)C[C@H]1C[C@@H]2CC[C@@H]1C2. The number of amides is 1. The van der Waals surface area contributed by atoms with Crippen molar-refractivity contribution in [1.82, 2.24) is 4.31 Å². The Hall–Kier alpha value is -1.60. The third-order valence-electron chi connectivity index (χ3n) is 5.56. The van der Waals surface area contributed by atoms with Gasteiger partial charge in [-0.25, -0.2) is 12.7 Å². The lowest BCUT2D eigenvalue weighted by molar-refractivity contribution is -0.117. The van der Waals surface area contributed by atoms with Crippen LogP contribution in [0.25, 0.3) is 0 Å². The Kier molecular flexibility index (Phi) is 5.06. The molecule has 1 N–H and O–H groups in total. The molecule has 1 aromatic carbocycles. The van der Waals surface area contributed by atoms with Gasteiger partial charge in [-0.2, -0.15) is 0 Å². The predicted molar refractivity (Wildman–Crippen MR) is 96.1 cm³/mol. The lowest BCUT2D eigenvalue weighted by Gasteiger charge is -2.21. The van der Waals surface area contributed by atoms with E-state index in [1.54, 1.807) is 6.07 Å². The molecule has 3 atom stereocenters. The fraction of sp³-hybridized carbons (Fsp3) is 0.611. The zero-order valence-electron chi connectivity index (χ0n) is 15.0. The average Bonchev–Trinajstić information content (AvgIpc) is 3.17. The number of rotatable bonds is 6. The van der Waals surface area contributed by atoms with Crippen LogP contribution >= 0.6 is 0 Å². The largest absolute Gasteiger partial charge is 0.495 e. The van der Waals surface area contributed by atoms with Gasteiger partial charge in [0.2, 0.25) is 15.9 Å². The molecule has 0 spiro atoms. The quantitative estimate of drug-likeness (QED) is 0.840. The van der Waals surface area contributed by atoms with E-state index in [1.165, 1.54) is 52.6 Å². The molecule has 1 amide bonds. The molecule has 2 saturated carbocycles. The number of anilines is 1. The second-order valence-electron chi connectivity index (χ2n) is 7.34. The predicted octanol–water partition coefficient (Wildman–Crippen LogP) is 2.71. The highest BCUT2D eigenvalue weighted by Crippen LogP contribution is 2.49. The summed E-state index contributed by atoms with van der Waals surface area (Å²) in [5, 5.41) is 2.85. The number of carbonyl (C=O) groups excluding carboxylic acids is 1. The summed E-state index contributed by atoms with van der Waals surface area (Å²) in [4.78, 5) is 12.6. The fourth-order valence-corrected chi connectivity index (χ4v) is 5.15. The number of nitrogens with one attached hydrogen (secondary N) is 1. The highest BCUT2D eigenvalue weighted by molar-refractivity contribution is 7.89. The molecule has 0 aliphatic heterocycles. The van der Waals surface area contributed by atoms with Crippen LogP contribution in [0.1, 0.15) is 32.1 Å². The molecule has 2 aliphatic carbocycles. The van der Waals surface area contributed by atoms with Crippen LogP contribution in [0.3, 0.4) is 0 Å². The van der Waals surface area contributed by atoms with Gasteiger partial charge in [0.1, 0.15) is 5.75 Å². The monoisotopic (exact) mass is 366 g/mol. The van der Waals surface area contributed by atoms with Crippen molar-refractivity contribution >= 4 is 21.6 Å². The minimum absolute atomic E-state index is 0.0738. The normalized spacial score (nSPS) is 25.4. The minimum atomic E-state index is -3.56. The van der Waals surface area contributed by atoms with Gasteiger partial charge in [0.25, 0.3) is 0 Å². The van der Waals surface area contributed by atoms with Crippen LogP contribution < -0.4 is 10.1 Å². The molecule has 0 saturated heterocycles. The van der Waals surface area contributed by atoms with Gasteiger partial charge in [-0.1, -0.05) is 6.42 Å². The Balaban J connectivity index is 1.75. The molecule has 2 aliphatic rings. The first-order valence-corrected chi connectivity index (χ1v) is 10.2. The highest BCUT2D eigenvalue weighted by atomic mass is 32.2. The van der Waals surface area contributed by atoms with E-state index in [-0.39, 0.29) is 10.8 Å². The summed E-state index contributed by atoms with van der Waals surface area (Å²) < 4.78 is 31.0. The summed E-state index contributed by atoms with van der Waals surface area (Å²) in [5.74, 6) is 2.32. The standard InChI is InChI=1S/C18H26N2O4S/c1-20(2)25(22,23)15-6-7-17(24-3)16(11-15)19-18(21)10-14-9-12-4-5-13(14)8-12/h6-7,11-14H,4-5,8-10H2,1-3H3,(H,19,21)/t12-,13-,14-/m1/s1. The number of fused-ring (bicyclic) bond motifs is 2. The zero-order chi connectivity index (χ0) is 18.2. The van der Waals surface area contributed by atoms with Crippen LogP contribution in [0.2, 0.25) is 0 Å². The van der Waals surface area contributed by atoms with E-state index in [4.69, 9.17) is 4.74 Å². The van der Waals surface area contributed by atoms with E-state index in [0.717, 1.165) is 16.6 Å². The van der Waals surface area contributed by atoms with Crippen LogP contribution in [-0.4, -0.2) is 39.8 Å². The fourth-order valence-electron chi connectivity index (χ4n) is 4.22. The molecule has 1 aromatic rings. The molecule has 0 unspecified atom stereocenters. The summed E-state index contributed by atoms with van der Waals surface area (Å²) in [6.07, 6.45) is 5.45. The molecule has 3 rings (SSSR count). The summed E-state index contributed by atoms with van der Waals surface area (Å²) in [6.45, 7) is 0. The van der Waals surface area contributed by atoms with Crippen molar-refractivity contribution in [3.8, 4) is 5.75 Å². The Bertz CT molecular complexity index is 760. The molecule has 0 radical (unpaired) electrons. The topological polar surface area (TPSA) is 75.7 Å². The Morgan fingerprint density at radius 2 is 2.04 bits per heavy atom. The molecule has 2 fully saturated rings. The van der Waals surface area contributed by atoms with E-state index in [0.29, 0.717) is 29.7 Å². The number of sulfonamides is 1. The van der Waals surface area contributed by atoms with E-state index in [1.807, 2.05) is 0 Å². The maximum atomic E-state index is 12.5. The maximum Gasteiger partial charge on any atom is 0.242 e. The number of carbonyl (C=O) groups is 1. The van der Waals surface area contributed by atoms with Crippen LogP contribution in [0, 0.1) is 17.8 Å². The number of hydrogen-bond acceptors (Lipinski definition) is 4. The molecular formula is C18H26N2O4S. The number of hydrogen-bond donors (Lipinski definition) is 1. The molecule has 6 nitrogen and oxygen atoms in total.